The van der Waals surface area contributed by atoms with Crippen LogP contribution in [0.15, 0.2) is 12.2 Å². The van der Waals surface area contributed by atoms with Crippen LogP contribution in [0.1, 0.15) is 171 Å². The van der Waals surface area contributed by atoms with Gasteiger partial charge in [0.05, 0.1) is 0 Å². The maximum Gasteiger partial charge on any atom is 0.306 e. The minimum atomic E-state index is 0.0452. The summed E-state index contributed by atoms with van der Waals surface area (Å²) < 4.78 is 6.36. The smallest absolute Gasteiger partial charge is 0.306 e. The van der Waals surface area contributed by atoms with Crippen LogP contribution in [-0.4, -0.2) is 12.1 Å². The van der Waals surface area contributed by atoms with Crippen molar-refractivity contribution in [3.05, 3.63) is 12.2 Å². The van der Waals surface area contributed by atoms with E-state index in [1.54, 1.807) is 0 Å². The molecule has 0 bridgehead atoms. The van der Waals surface area contributed by atoms with Crippen LogP contribution in [0, 0.1) is 56.7 Å². The first-order valence-corrected chi connectivity index (χ1v) is 18.6. The first-order valence-electron chi connectivity index (χ1n) is 18.6. The number of hydrogen-bond acceptors (Lipinski definition) is 2. The monoisotopic (exact) mass is 581 g/mol. The Labute approximate surface area is 261 Å². The van der Waals surface area contributed by atoms with Crippen LogP contribution in [0.5, 0.6) is 0 Å². The van der Waals surface area contributed by atoms with E-state index in [4.69, 9.17) is 4.74 Å². The molecule has 2 nitrogen and oxygen atoms in total. The van der Waals surface area contributed by atoms with E-state index in [1.807, 2.05) is 0 Å². The standard InChI is InChI=1S/C40H68O2/c1-10-11-12-13-14-15-16-17-34(41)42-33-22-24-38(7)31(36(33,4)5)21-25-40(9)32(38)19-18-30-35-29(28(2)3)20-23-37(35,6)26-27-39(30,40)8/h29-33,35H,2,10-27H2,1,3-9H3/t29-,30+,31-,32+,33-,35+,37+,38-,39+,40+/m0/s1. The lowest BCUT2D eigenvalue weighted by atomic mass is 9.32. The van der Waals surface area contributed by atoms with Gasteiger partial charge in [0.2, 0.25) is 0 Å². The third kappa shape index (κ3) is 5.17. The number of hydrogen-bond donors (Lipinski definition) is 0. The van der Waals surface area contributed by atoms with Gasteiger partial charge in [-0.3, -0.25) is 4.79 Å². The van der Waals surface area contributed by atoms with Crippen LogP contribution in [0.25, 0.3) is 0 Å². The van der Waals surface area contributed by atoms with E-state index in [1.165, 1.54) is 102 Å². The number of esters is 1. The van der Waals surface area contributed by atoms with E-state index in [0.29, 0.717) is 34.0 Å². The van der Waals surface area contributed by atoms with E-state index < -0.39 is 0 Å². The Balaban J connectivity index is 1.27. The van der Waals surface area contributed by atoms with Crippen LogP contribution in [0.2, 0.25) is 0 Å². The normalized spacial score (nSPS) is 45.7. The molecule has 0 unspecified atom stereocenters. The van der Waals surface area contributed by atoms with Crippen molar-refractivity contribution in [2.75, 3.05) is 0 Å². The molecule has 10 atom stereocenters. The van der Waals surface area contributed by atoms with Crippen LogP contribution in [-0.2, 0) is 9.53 Å². The highest BCUT2D eigenvalue weighted by Gasteiger charge is 2.70. The fraction of sp³-hybridized carbons (Fsp3) is 0.925. The molecule has 0 aromatic carbocycles. The Morgan fingerprint density at radius 3 is 2.12 bits per heavy atom. The molecule has 5 saturated carbocycles. The highest BCUT2D eigenvalue weighted by Crippen LogP contribution is 2.77. The van der Waals surface area contributed by atoms with Gasteiger partial charge in [0, 0.05) is 11.8 Å². The van der Waals surface area contributed by atoms with Crippen molar-refractivity contribution >= 4 is 5.97 Å². The van der Waals surface area contributed by atoms with Gasteiger partial charge < -0.3 is 4.74 Å². The van der Waals surface area contributed by atoms with Crippen molar-refractivity contribution in [3.8, 4) is 0 Å². The number of carbonyl (C=O) groups excluding carboxylic acids is 1. The lowest BCUT2D eigenvalue weighted by Crippen LogP contribution is -2.66. The first kappa shape index (κ1) is 32.6. The lowest BCUT2D eigenvalue weighted by molar-refractivity contribution is -0.249. The van der Waals surface area contributed by atoms with Crippen LogP contribution >= 0.6 is 0 Å². The highest BCUT2D eigenvalue weighted by atomic mass is 16.5. The molecule has 0 saturated heterocycles. The zero-order valence-corrected chi connectivity index (χ0v) is 29.2. The zero-order valence-electron chi connectivity index (χ0n) is 29.2. The lowest BCUT2D eigenvalue weighted by Gasteiger charge is -2.73. The van der Waals surface area contributed by atoms with Crippen LogP contribution < -0.4 is 0 Å². The third-order valence-corrected chi connectivity index (χ3v) is 15.7. The molecule has 5 aliphatic carbocycles. The fourth-order valence-electron chi connectivity index (χ4n) is 13.1. The molecule has 0 spiro atoms. The largest absolute Gasteiger partial charge is 0.462 e. The van der Waals surface area contributed by atoms with Crippen LogP contribution in [0.3, 0.4) is 0 Å². The van der Waals surface area contributed by atoms with Crippen molar-refractivity contribution in [1.29, 1.82) is 0 Å². The van der Waals surface area contributed by atoms with Crippen LogP contribution in [0.4, 0.5) is 0 Å². The van der Waals surface area contributed by atoms with Crippen molar-refractivity contribution < 1.29 is 9.53 Å². The van der Waals surface area contributed by atoms with Gasteiger partial charge in [0.25, 0.3) is 0 Å². The maximum atomic E-state index is 13.0. The van der Waals surface area contributed by atoms with Gasteiger partial charge in [-0.05, 0) is 129 Å². The summed E-state index contributed by atoms with van der Waals surface area (Å²) in [4.78, 5) is 13.0. The minimum absolute atomic E-state index is 0.0452. The summed E-state index contributed by atoms with van der Waals surface area (Å²) in [6.07, 6.45) is 22.8. The summed E-state index contributed by atoms with van der Waals surface area (Å²) in [6.45, 7) is 24.9. The van der Waals surface area contributed by atoms with Crippen molar-refractivity contribution in [2.45, 2.75) is 177 Å². The van der Waals surface area contributed by atoms with E-state index in [0.717, 1.165) is 36.5 Å². The Bertz CT molecular complexity index is 996. The average Bonchev–Trinajstić information content (AvgIpc) is 3.28. The average molecular weight is 581 g/mol. The van der Waals surface area contributed by atoms with Gasteiger partial charge in [0.15, 0.2) is 0 Å². The molecule has 240 valence electrons. The summed E-state index contributed by atoms with van der Waals surface area (Å²) in [5.41, 5.74) is 3.20. The molecular formula is C40H68O2. The number of allylic oxidation sites excluding steroid dienone is 1. The quantitative estimate of drug-likeness (QED) is 0.146. The molecule has 5 fully saturated rings. The fourth-order valence-corrected chi connectivity index (χ4v) is 13.1. The topological polar surface area (TPSA) is 26.3 Å². The second kappa shape index (κ2) is 11.9. The number of fused-ring (bicyclic) bond motifs is 7. The highest BCUT2D eigenvalue weighted by molar-refractivity contribution is 5.69. The Morgan fingerprint density at radius 1 is 0.738 bits per heavy atom. The van der Waals surface area contributed by atoms with Crippen molar-refractivity contribution in [1.82, 2.24) is 0 Å². The molecule has 0 N–H and O–H groups in total. The molecule has 0 amide bonds. The predicted molar refractivity (Wildman–Crippen MR) is 177 cm³/mol. The van der Waals surface area contributed by atoms with Gasteiger partial charge in [-0.15, -0.1) is 0 Å². The molecule has 0 radical (unpaired) electrons. The molecule has 2 heteroatoms. The Morgan fingerprint density at radius 2 is 1.43 bits per heavy atom. The predicted octanol–water partition coefficient (Wildman–Crippen LogP) is 11.7. The minimum Gasteiger partial charge on any atom is -0.462 e. The van der Waals surface area contributed by atoms with Crippen molar-refractivity contribution in [3.63, 3.8) is 0 Å². The summed E-state index contributed by atoms with van der Waals surface area (Å²) >= 11 is 0. The second-order valence-corrected chi connectivity index (χ2v) is 18.0. The molecular weight excluding hydrogens is 512 g/mol. The SMILES string of the molecule is C=C(C)[C@@H]1CC[C@]2(C)CC[C@]3(C)[C@H](CC[C@@H]4[C@@]5(C)CC[C@H](OC(=O)CCCCCCCCC)C(C)(C)[C@@H]5CC[C@]43C)[C@@H]12. The zero-order chi connectivity index (χ0) is 30.6. The third-order valence-electron chi connectivity index (χ3n) is 15.7. The summed E-state index contributed by atoms with van der Waals surface area (Å²) in [6, 6.07) is 0. The maximum absolute atomic E-state index is 13.0. The van der Waals surface area contributed by atoms with E-state index >= 15 is 0 Å². The number of unbranched alkanes of at least 4 members (excludes halogenated alkanes) is 6. The summed E-state index contributed by atoms with van der Waals surface area (Å²) in [5, 5.41) is 0. The van der Waals surface area contributed by atoms with E-state index in [9.17, 15) is 4.79 Å². The number of carbonyl (C=O) groups is 1. The van der Waals surface area contributed by atoms with E-state index in [2.05, 4.69) is 62.0 Å². The Kier molecular flexibility index (Phi) is 9.20. The number of rotatable bonds is 10. The molecule has 42 heavy (non-hydrogen) atoms. The molecule has 0 heterocycles. The molecule has 0 aliphatic heterocycles. The van der Waals surface area contributed by atoms with Gasteiger partial charge in [-0.2, -0.15) is 0 Å². The van der Waals surface area contributed by atoms with Gasteiger partial charge in [-0.1, -0.05) is 99.1 Å². The summed E-state index contributed by atoms with van der Waals surface area (Å²) in [5.74, 6) is 3.89. The second-order valence-electron chi connectivity index (χ2n) is 18.0. The molecule has 0 aromatic heterocycles. The van der Waals surface area contributed by atoms with E-state index in [-0.39, 0.29) is 17.5 Å². The Hall–Kier alpha value is -0.790. The van der Waals surface area contributed by atoms with Crippen molar-refractivity contribution in [2.24, 2.45) is 56.7 Å². The first-order chi connectivity index (χ1) is 19.7. The number of ether oxygens (including phenoxy) is 1. The molecule has 5 aliphatic rings. The van der Waals surface area contributed by atoms with Gasteiger partial charge in [-0.25, -0.2) is 0 Å². The van der Waals surface area contributed by atoms with Gasteiger partial charge >= 0.3 is 5.97 Å². The summed E-state index contributed by atoms with van der Waals surface area (Å²) in [7, 11) is 0. The molecule has 5 rings (SSSR count). The van der Waals surface area contributed by atoms with Gasteiger partial charge in [0.1, 0.15) is 6.10 Å². The molecule has 0 aromatic rings.